The number of hydrogen-bond acceptors (Lipinski definition) is 28. The first-order chi connectivity index (χ1) is 64.1. The number of carbonyl (C=O) groups excluding carboxylic acids is 8. The summed E-state index contributed by atoms with van der Waals surface area (Å²) < 4.78 is 21.1. The average Bonchev–Trinajstić information content (AvgIpc) is 0.786. The summed E-state index contributed by atoms with van der Waals surface area (Å²) in [4.78, 5) is 127. The van der Waals surface area contributed by atoms with Crippen molar-refractivity contribution in [1.29, 1.82) is 0 Å². The Hall–Kier alpha value is -13.7. The third-order valence-electron chi connectivity index (χ3n) is 20.2. The molecule has 0 saturated carbocycles. The molecule has 134 heavy (non-hydrogen) atoms. The number of phenolic OH excluding ortho intramolecular Hbond substituents is 8. The number of fused-ring (bicyclic) bond motifs is 4. The first-order valence-corrected chi connectivity index (χ1v) is 45.3. The molecule has 0 radical (unpaired) electrons. The highest BCUT2D eigenvalue weighted by atomic mass is 35.5. The van der Waals surface area contributed by atoms with Crippen LogP contribution in [-0.4, -0.2) is 215 Å². The molecule has 9 N–H and O–H groups in total. The standard InChI is InChI=1S/C26H28N2O6.C25H33ClN2O6.2C25H34N2O6/c29-22-15-20-14-21(28-34-18-24(31)27-17-19-10-6-5-7-11-19)12-8-3-1-2-4-9-13-33-26(32)25(20)23(30)16-22;1-16(2)28(17(3)4)22(31)15-34-27-18-11-9-7-5-6-8-10-12-33-25(32)23-19(13-18)24(26)21(30)14-20(23)29;2*1-17(2)27(18(3)4)23(30)16-33-26-20-11-9-7-5-6-8-10-12-32-25(31)24-19(13-20)14-21(28)15-22(24)29/h2,4-8,10-12,15-16,29-30H,1,3,9,13-14,17-18H2,(H,27,31);6,8-9,11,14,16-17,29-30H,5,7,10,12-13,15H2,1-4H3;2*6,8-9,11,14-15,17-18,28-29H,5,7,10,12-13,16H2,1-4H3/b4-2+,12-8+,28-21+;8-6+,11-9+,27-18-;8-6+,11-9+,26-20+;8-6+,11-9+,26-20-. The maximum absolute atomic E-state index is 12.7. The van der Waals surface area contributed by atoms with Gasteiger partial charge in [0.05, 0.1) is 54.3 Å². The average molecular weight is 1870 g/mol. The molecule has 5 aromatic carbocycles. The van der Waals surface area contributed by atoms with E-state index in [1.165, 1.54) is 18.2 Å². The number of esters is 4. The molecule has 9 rings (SSSR count). The van der Waals surface area contributed by atoms with E-state index in [9.17, 15) is 79.2 Å². The van der Waals surface area contributed by atoms with E-state index in [2.05, 4.69) is 25.9 Å². The van der Waals surface area contributed by atoms with E-state index in [-0.39, 0.29) is 212 Å². The lowest BCUT2D eigenvalue weighted by Gasteiger charge is -2.30. The Morgan fingerprint density at radius 2 is 0.619 bits per heavy atom. The van der Waals surface area contributed by atoms with E-state index in [4.69, 9.17) is 49.9 Å². The van der Waals surface area contributed by atoms with Crippen LogP contribution in [0.2, 0.25) is 5.02 Å². The number of rotatable bonds is 20. The fourth-order valence-electron chi connectivity index (χ4n) is 14.5. The van der Waals surface area contributed by atoms with Crippen LogP contribution in [0.5, 0.6) is 46.0 Å². The molecule has 0 atom stereocenters. The molecule has 0 fully saturated rings. The maximum atomic E-state index is 12.7. The van der Waals surface area contributed by atoms with Crippen molar-refractivity contribution in [2.45, 2.75) is 229 Å². The largest absolute Gasteiger partial charge is 0.508 e. The zero-order valence-corrected chi connectivity index (χ0v) is 79.2. The zero-order chi connectivity index (χ0) is 98.2. The third kappa shape index (κ3) is 37.9. The number of hydrogen-bond donors (Lipinski definition) is 9. The van der Waals surface area contributed by atoms with Gasteiger partial charge in [-0.05, 0) is 230 Å². The van der Waals surface area contributed by atoms with Gasteiger partial charge in [0.25, 0.3) is 23.6 Å². The fraction of sp³-hybridized carbons (Fsp3) is 0.426. The van der Waals surface area contributed by atoms with E-state index >= 15 is 0 Å². The topological polar surface area (TPSA) is 443 Å². The molecule has 0 spiro atoms. The number of nitrogens with zero attached hydrogens (tertiary/aromatic N) is 7. The normalized spacial score (nSPS) is 18.1. The number of carbonyl (C=O) groups is 8. The summed E-state index contributed by atoms with van der Waals surface area (Å²) in [7, 11) is 0. The molecular weight excluding hydrogens is 1740 g/mol. The van der Waals surface area contributed by atoms with Gasteiger partial charge in [0.2, 0.25) is 0 Å². The van der Waals surface area contributed by atoms with Gasteiger partial charge in [-0.15, -0.1) is 0 Å². The number of cyclic esters (lactones) is 4. The van der Waals surface area contributed by atoms with Crippen LogP contribution in [-0.2, 0) is 89.7 Å². The molecule has 0 saturated heterocycles. The minimum Gasteiger partial charge on any atom is -0.508 e. The first kappa shape index (κ1) is 109. The summed E-state index contributed by atoms with van der Waals surface area (Å²) in [5.41, 5.74) is 3.52. The number of nitrogens with one attached hydrogen (secondary N) is 1. The number of benzene rings is 5. The SMILES string of the molecule is CC(C)N(C(=O)CO/N=C1/C=C/CC/C=C/CCOC(=O)c2c(O)cc(O)c(Cl)c2C1)C(C)C.CC(C)N(C(=O)CO/N=C1/C=C/CC/C=C/CCOC(=O)c2c(O)cc(O)cc2C1)C(C)C.CC(C)N(C(=O)CO/N=C1\C=C\CC/C=C/CCOC(=O)c2c(O)cc(O)cc2C1)C(C)C.O=C(CO/N=C1\C=C\CC/C=C/CCOC(=O)c2c(O)cc(O)cc2C1)NCc1ccccc1. The highest BCUT2D eigenvalue weighted by Crippen LogP contribution is 2.38. The Labute approximate surface area is 788 Å². The van der Waals surface area contributed by atoms with E-state index in [1.54, 1.807) is 39.0 Å². The Balaban J connectivity index is 0.000000275. The number of phenols is 8. The summed E-state index contributed by atoms with van der Waals surface area (Å²) in [5.74, 6) is -6.25. The molecule has 4 heterocycles. The van der Waals surface area contributed by atoms with Gasteiger partial charge in [-0.25, -0.2) is 19.2 Å². The van der Waals surface area contributed by atoms with Gasteiger partial charge in [-0.1, -0.05) is 135 Å². The number of aromatic hydroxyl groups is 8. The van der Waals surface area contributed by atoms with Crippen molar-refractivity contribution in [3.8, 4) is 46.0 Å². The lowest BCUT2D eigenvalue weighted by molar-refractivity contribution is -0.140. The molecule has 32 nitrogen and oxygen atoms in total. The van der Waals surface area contributed by atoms with E-state index in [1.807, 2.05) is 186 Å². The van der Waals surface area contributed by atoms with Crippen molar-refractivity contribution in [3.63, 3.8) is 0 Å². The fourth-order valence-corrected chi connectivity index (χ4v) is 14.7. The number of oxime groups is 4. The number of ether oxygens (including phenoxy) is 4. The second kappa shape index (κ2) is 58.3. The summed E-state index contributed by atoms with van der Waals surface area (Å²) in [6.07, 6.45) is 39.0. The van der Waals surface area contributed by atoms with Crippen molar-refractivity contribution in [2.75, 3.05) is 52.9 Å². The third-order valence-corrected chi connectivity index (χ3v) is 20.6. The summed E-state index contributed by atoms with van der Waals surface area (Å²) in [6, 6.07) is 18.0. The maximum Gasteiger partial charge on any atom is 0.342 e. The number of amides is 4. The summed E-state index contributed by atoms with van der Waals surface area (Å²) >= 11 is 6.30. The highest BCUT2D eigenvalue weighted by Gasteiger charge is 2.30. The van der Waals surface area contributed by atoms with Crippen LogP contribution < -0.4 is 5.32 Å². The molecule has 0 aromatic heterocycles. The lowest BCUT2D eigenvalue weighted by Crippen LogP contribution is -2.43. The number of allylic oxidation sites excluding steroid dienone is 12. The van der Waals surface area contributed by atoms with Gasteiger partial charge in [-0.3, -0.25) is 19.2 Å². The summed E-state index contributed by atoms with van der Waals surface area (Å²) in [6.45, 7) is 23.3. The lowest BCUT2D eigenvalue weighted by atomic mass is 9.99. The second-order valence-corrected chi connectivity index (χ2v) is 33.3. The van der Waals surface area contributed by atoms with Crippen molar-refractivity contribution in [2.24, 2.45) is 20.6 Å². The van der Waals surface area contributed by atoms with E-state index in [0.29, 0.717) is 71.8 Å². The van der Waals surface area contributed by atoms with Crippen LogP contribution in [0, 0.1) is 0 Å². The van der Waals surface area contributed by atoms with Gasteiger partial charge in [-0.2, -0.15) is 0 Å². The minimum atomic E-state index is -0.760. The molecule has 0 bridgehead atoms. The predicted octanol–water partition coefficient (Wildman–Crippen LogP) is 16.8. The van der Waals surface area contributed by atoms with Crippen LogP contribution >= 0.6 is 11.6 Å². The molecule has 33 heteroatoms. The summed E-state index contributed by atoms with van der Waals surface area (Å²) in [5, 5.41) is 100. The molecule has 724 valence electrons. The Morgan fingerprint density at radius 1 is 0.351 bits per heavy atom. The van der Waals surface area contributed by atoms with Gasteiger partial charge >= 0.3 is 23.9 Å². The molecule has 5 aromatic rings. The van der Waals surface area contributed by atoms with E-state index in [0.717, 1.165) is 81.2 Å². The quantitative estimate of drug-likeness (QED) is 0.0151. The molecule has 0 aliphatic carbocycles. The highest BCUT2D eigenvalue weighted by molar-refractivity contribution is 6.33. The Kier molecular flexibility index (Phi) is 47.5. The molecular formula is C101H129ClN8O24. The second-order valence-electron chi connectivity index (χ2n) is 32.9. The van der Waals surface area contributed by atoms with Crippen LogP contribution in [0.25, 0.3) is 0 Å². The Bertz CT molecular complexity index is 4960. The smallest absolute Gasteiger partial charge is 0.342 e. The van der Waals surface area contributed by atoms with Crippen molar-refractivity contribution in [3.05, 3.63) is 225 Å². The first-order valence-electron chi connectivity index (χ1n) is 44.9. The van der Waals surface area contributed by atoms with Crippen LogP contribution in [0.15, 0.2) is 191 Å². The van der Waals surface area contributed by atoms with Crippen LogP contribution in [0.4, 0.5) is 0 Å². The van der Waals surface area contributed by atoms with Crippen LogP contribution in [0.1, 0.15) is 229 Å². The monoisotopic (exact) mass is 1870 g/mol. The van der Waals surface area contributed by atoms with Gasteiger partial charge in [0.15, 0.2) is 26.4 Å². The molecule has 4 aliphatic heterocycles. The van der Waals surface area contributed by atoms with Gasteiger partial charge < -0.3 is 99.2 Å². The Morgan fingerprint density at radius 3 is 0.925 bits per heavy atom. The van der Waals surface area contributed by atoms with Crippen molar-refractivity contribution >= 4 is 82.0 Å². The van der Waals surface area contributed by atoms with Crippen LogP contribution in [0.3, 0.4) is 0 Å². The zero-order valence-electron chi connectivity index (χ0n) is 78.4. The minimum absolute atomic E-state index is 0.00806. The molecule has 4 amide bonds. The van der Waals surface area contributed by atoms with Gasteiger partial charge in [0, 0.05) is 92.7 Å². The molecule has 0 unspecified atom stereocenters. The van der Waals surface area contributed by atoms with Crippen molar-refractivity contribution < 1.29 is 118 Å². The van der Waals surface area contributed by atoms with Crippen molar-refractivity contribution in [1.82, 2.24) is 20.0 Å². The van der Waals surface area contributed by atoms with Gasteiger partial charge in [0.1, 0.15) is 68.2 Å². The number of halogens is 1. The predicted molar refractivity (Wildman–Crippen MR) is 512 cm³/mol. The van der Waals surface area contributed by atoms with E-state index < -0.39 is 29.6 Å². The molecule has 4 aliphatic rings.